The molecule has 104 valence electrons. The molecule has 1 aromatic carbocycles. The lowest BCUT2D eigenvalue weighted by Crippen LogP contribution is -2.44. The molecule has 1 aromatic rings. The molecule has 3 heteroatoms. The molecule has 0 amide bonds. The van der Waals surface area contributed by atoms with Crippen LogP contribution in [-0.4, -0.2) is 30.1 Å². The maximum Gasteiger partial charge on any atom is 0.0237 e. The predicted molar refractivity (Wildman–Crippen MR) is 88.2 cm³/mol. The Labute approximate surface area is 130 Å². The number of piperidine rings is 1. The summed E-state index contributed by atoms with van der Waals surface area (Å²) in [6.45, 7) is 3.57. The van der Waals surface area contributed by atoms with Gasteiger partial charge in [-0.25, -0.2) is 0 Å². The summed E-state index contributed by atoms with van der Waals surface area (Å²) in [5.41, 5.74) is 1.46. The minimum Gasteiger partial charge on any atom is -0.313 e. The van der Waals surface area contributed by atoms with Crippen LogP contribution in [0.15, 0.2) is 24.3 Å². The number of halogens is 1. The summed E-state index contributed by atoms with van der Waals surface area (Å²) in [5, 5.41) is 3.68. The van der Waals surface area contributed by atoms with E-state index in [1.54, 1.807) is 0 Å². The van der Waals surface area contributed by atoms with Gasteiger partial charge in [-0.3, -0.25) is 4.90 Å². The van der Waals surface area contributed by atoms with E-state index < -0.39 is 0 Å². The number of nitrogens with zero attached hydrogens (tertiary/aromatic N) is 1. The molecule has 1 unspecified atom stereocenters. The summed E-state index contributed by atoms with van der Waals surface area (Å²) in [6, 6.07) is 10.6. The van der Waals surface area contributed by atoms with Gasteiger partial charge in [0.15, 0.2) is 0 Å². The lowest BCUT2D eigenvalue weighted by atomic mass is 10.0. The van der Waals surface area contributed by atoms with Crippen LogP contribution in [0.1, 0.15) is 37.7 Å². The summed E-state index contributed by atoms with van der Waals surface area (Å²) in [6.07, 6.45) is 6.92. The molecule has 0 radical (unpaired) electrons. The lowest BCUT2D eigenvalue weighted by molar-refractivity contribution is 0.208. The largest absolute Gasteiger partial charge is 0.313 e. The second kappa shape index (κ2) is 6.55. The molecule has 1 aliphatic heterocycles. The molecule has 1 aliphatic carbocycles. The van der Waals surface area contributed by atoms with Crippen molar-refractivity contribution >= 4 is 22.6 Å². The van der Waals surface area contributed by atoms with Crippen molar-refractivity contribution < 1.29 is 0 Å². The molecule has 1 atom stereocenters. The highest BCUT2D eigenvalue weighted by Gasteiger charge is 2.30. The van der Waals surface area contributed by atoms with Crippen LogP contribution in [0, 0.1) is 3.57 Å². The van der Waals surface area contributed by atoms with Gasteiger partial charge in [-0.2, -0.15) is 0 Å². The van der Waals surface area contributed by atoms with Crippen molar-refractivity contribution in [2.24, 2.45) is 0 Å². The normalized spacial score (nSPS) is 23.8. The van der Waals surface area contributed by atoms with Crippen LogP contribution in [0.2, 0.25) is 0 Å². The predicted octanol–water partition coefficient (Wildman–Crippen LogP) is 3.40. The molecule has 2 fully saturated rings. The van der Waals surface area contributed by atoms with Gasteiger partial charge in [-0.05, 0) is 72.5 Å². The van der Waals surface area contributed by atoms with Crippen LogP contribution in [0.4, 0.5) is 0 Å². The van der Waals surface area contributed by atoms with Gasteiger partial charge in [0.05, 0.1) is 0 Å². The average molecular weight is 370 g/mol. The summed E-state index contributed by atoms with van der Waals surface area (Å²) in [5.74, 6) is 0. The monoisotopic (exact) mass is 370 g/mol. The zero-order valence-electron chi connectivity index (χ0n) is 11.4. The molecule has 1 saturated carbocycles. The van der Waals surface area contributed by atoms with Gasteiger partial charge in [-0.1, -0.05) is 18.6 Å². The first-order valence-corrected chi connectivity index (χ1v) is 8.61. The van der Waals surface area contributed by atoms with Crippen LogP contribution in [0.5, 0.6) is 0 Å². The highest BCUT2D eigenvalue weighted by molar-refractivity contribution is 14.1. The molecule has 2 nitrogen and oxygen atoms in total. The van der Waals surface area contributed by atoms with Gasteiger partial charge in [0, 0.05) is 28.7 Å². The highest BCUT2D eigenvalue weighted by atomic mass is 127. The van der Waals surface area contributed by atoms with Crippen molar-refractivity contribution in [2.75, 3.05) is 13.1 Å². The Morgan fingerprint density at radius 3 is 2.53 bits per heavy atom. The molecule has 1 saturated heterocycles. The lowest BCUT2D eigenvalue weighted by Gasteiger charge is -2.30. The Morgan fingerprint density at radius 1 is 1.11 bits per heavy atom. The molecular formula is C16H23IN2. The Kier molecular flexibility index (Phi) is 4.77. The number of hydrogen-bond donors (Lipinski definition) is 1. The summed E-state index contributed by atoms with van der Waals surface area (Å²) < 4.78 is 1.33. The van der Waals surface area contributed by atoms with Gasteiger partial charge >= 0.3 is 0 Å². The van der Waals surface area contributed by atoms with Crippen LogP contribution in [0.25, 0.3) is 0 Å². The molecule has 0 spiro atoms. The van der Waals surface area contributed by atoms with Crippen LogP contribution in [0.3, 0.4) is 0 Å². The summed E-state index contributed by atoms with van der Waals surface area (Å²) >= 11 is 2.38. The van der Waals surface area contributed by atoms with Crippen molar-refractivity contribution in [3.8, 4) is 0 Å². The zero-order valence-corrected chi connectivity index (χ0v) is 13.6. The maximum atomic E-state index is 3.68. The van der Waals surface area contributed by atoms with E-state index in [9.17, 15) is 0 Å². The molecule has 1 N–H and O–H groups in total. The number of rotatable bonds is 5. The van der Waals surface area contributed by atoms with Crippen molar-refractivity contribution in [1.29, 1.82) is 0 Å². The van der Waals surface area contributed by atoms with Gasteiger partial charge in [0.2, 0.25) is 0 Å². The first-order valence-electron chi connectivity index (χ1n) is 7.53. The van der Waals surface area contributed by atoms with Gasteiger partial charge in [-0.15, -0.1) is 0 Å². The van der Waals surface area contributed by atoms with E-state index in [2.05, 4.69) is 57.1 Å². The zero-order chi connectivity index (χ0) is 13.1. The third-order valence-electron chi connectivity index (χ3n) is 4.23. The van der Waals surface area contributed by atoms with Crippen LogP contribution in [-0.2, 0) is 6.54 Å². The third kappa shape index (κ3) is 4.17. The number of benzene rings is 1. The minimum atomic E-state index is 0.721. The Hall–Kier alpha value is -0.130. The number of nitrogens with one attached hydrogen (secondary N) is 1. The fraction of sp³-hybridized carbons (Fsp3) is 0.625. The Morgan fingerprint density at radius 2 is 1.89 bits per heavy atom. The van der Waals surface area contributed by atoms with Gasteiger partial charge in [0.1, 0.15) is 0 Å². The second-order valence-electron chi connectivity index (χ2n) is 5.93. The fourth-order valence-corrected chi connectivity index (χ4v) is 3.33. The number of hydrogen-bond acceptors (Lipinski definition) is 2. The molecular weight excluding hydrogens is 347 g/mol. The van der Waals surface area contributed by atoms with Crippen molar-refractivity contribution in [2.45, 2.75) is 50.7 Å². The van der Waals surface area contributed by atoms with E-state index in [0.717, 1.165) is 18.6 Å². The fourth-order valence-electron chi connectivity index (χ4n) is 2.97. The second-order valence-corrected chi connectivity index (χ2v) is 7.18. The smallest absolute Gasteiger partial charge is 0.0237 e. The molecule has 0 aromatic heterocycles. The van der Waals surface area contributed by atoms with Crippen LogP contribution >= 0.6 is 22.6 Å². The van der Waals surface area contributed by atoms with Crippen molar-refractivity contribution in [1.82, 2.24) is 10.2 Å². The first kappa shape index (κ1) is 13.8. The molecule has 3 rings (SSSR count). The van der Waals surface area contributed by atoms with E-state index in [-0.39, 0.29) is 0 Å². The molecule has 2 aliphatic rings. The molecule has 1 heterocycles. The third-order valence-corrected chi connectivity index (χ3v) is 4.95. The van der Waals surface area contributed by atoms with Gasteiger partial charge in [0.25, 0.3) is 0 Å². The first-order chi connectivity index (χ1) is 9.31. The van der Waals surface area contributed by atoms with E-state index >= 15 is 0 Å². The minimum absolute atomic E-state index is 0.721. The van der Waals surface area contributed by atoms with E-state index in [1.807, 2.05) is 0 Å². The van der Waals surface area contributed by atoms with E-state index in [0.29, 0.717) is 0 Å². The van der Waals surface area contributed by atoms with Crippen LogP contribution < -0.4 is 5.32 Å². The van der Waals surface area contributed by atoms with Crippen molar-refractivity contribution in [3.63, 3.8) is 0 Å². The Balaban J connectivity index is 1.59. The summed E-state index contributed by atoms with van der Waals surface area (Å²) in [4.78, 5) is 2.70. The van der Waals surface area contributed by atoms with Gasteiger partial charge < -0.3 is 5.32 Å². The Bertz CT molecular complexity index is 394. The molecule has 19 heavy (non-hydrogen) atoms. The topological polar surface area (TPSA) is 15.3 Å². The quantitative estimate of drug-likeness (QED) is 0.800. The summed E-state index contributed by atoms with van der Waals surface area (Å²) in [7, 11) is 0. The van der Waals surface area contributed by atoms with E-state index in [4.69, 9.17) is 0 Å². The average Bonchev–Trinajstić information content (AvgIpc) is 3.26. The maximum absolute atomic E-state index is 3.68. The highest BCUT2D eigenvalue weighted by Crippen LogP contribution is 2.29. The SMILES string of the molecule is Ic1ccc(CN(CC2CCCCN2)C2CC2)cc1. The standard InChI is InChI=1S/C16H23IN2/c17-14-6-4-13(5-7-14)11-19(16-8-9-16)12-15-3-1-2-10-18-15/h4-7,15-16,18H,1-3,8-12H2. The van der Waals surface area contributed by atoms with E-state index in [1.165, 1.54) is 54.3 Å². The molecule has 0 bridgehead atoms. The van der Waals surface area contributed by atoms with Crippen molar-refractivity contribution in [3.05, 3.63) is 33.4 Å².